The Kier molecular flexibility index (Phi) is 7.49. The highest BCUT2D eigenvalue weighted by Gasteiger charge is 2.13. The van der Waals surface area contributed by atoms with E-state index in [4.69, 9.17) is 9.84 Å². The number of likely N-dealkylation sites (N-methyl/N-ethyl adjacent to an activating group) is 1. The van der Waals surface area contributed by atoms with Gasteiger partial charge in [0, 0.05) is 27.1 Å². The standard InChI is InChI=1S/C18H23N5O5/c1-22(2)16(24)12-23-11-15(20-21-23)18(27)19-10-13-5-7-14(8-6-13)28-9-3-4-17(25)26/h5-8,11H,3-4,9-10,12H2,1-2H3,(H,19,27)(H,25,26). The predicted molar refractivity (Wildman–Crippen MR) is 98.7 cm³/mol. The molecule has 2 amide bonds. The molecule has 0 fully saturated rings. The molecule has 10 nitrogen and oxygen atoms in total. The summed E-state index contributed by atoms with van der Waals surface area (Å²) in [5.41, 5.74) is 0.992. The van der Waals surface area contributed by atoms with E-state index < -0.39 is 11.9 Å². The fourth-order valence-electron chi connectivity index (χ4n) is 2.15. The molecule has 28 heavy (non-hydrogen) atoms. The van der Waals surface area contributed by atoms with Crippen LogP contribution in [0.1, 0.15) is 28.9 Å². The minimum absolute atomic E-state index is 0.0151. The van der Waals surface area contributed by atoms with Gasteiger partial charge < -0.3 is 20.1 Å². The first-order valence-electron chi connectivity index (χ1n) is 8.67. The van der Waals surface area contributed by atoms with Crippen LogP contribution in [0.3, 0.4) is 0 Å². The average Bonchev–Trinajstić information content (AvgIpc) is 3.12. The summed E-state index contributed by atoms with van der Waals surface area (Å²) in [5, 5.41) is 18.9. The number of carbonyl (C=O) groups is 3. The van der Waals surface area contributed by atoms with Gasteiger partial charge >= 0.3 is 5.97 Å². The molecule has 2 aromatic rings. The number of hydrogen-bond donors (Lipinski definition) is 2. The maximum atomic E-state index is 12.2. The van der Waals surface area contributed by atoms with E-state index in [1.807, 2.05) is 0 Å². The number of rotatable bonds is 10. The van der Waals surface area contributed by atoms with Crippen molar-refractivity contribution in [2.45, 2.75) is 25.9 Å². The zero-order valence-corrected chi connectivity index (χ0v) is 15.8. The Morgan fingerprint density at radius 3 is 2.57 bits per heavy atom. The summed E-state index contributed by atoms with van der Waals surface area (Å²) in [6, 6.07) is 7.12. The minimum Gasteiger partial charge on any atom is -0.494 e. The van der Waals surface area contributed by atoms with Crippen LogP contribution >= 0.6 is 0 Å². The Labute approximate surface area is 162 Å². The lowest BCUT2D eigenvalue weighted by molar-refractivity contribution is -0.137. The molecule has 0 aliphatic carbocycles. The molecule has 150 valence electrons. The van der Waals surface area contributed by atoms with Crippen LogP contribution < -0.4 is 10.1 Å². The molecule has 0 bridgehead atoms. The summed E-state index contributed by atoms with van der Waals surface area (Å²) >= 11 is 0. The molecule has 0 radical (unpaired) electrons. The number of carbonyl (C=O) groups excluding carboxylic acids is 2. The molecule has 0 unspecified atom stereocenters. The summed E-state index contributed by atoms with van der Waals surface area (Å²) in [6.45, 7) is 0.636. The molecular formula is C18H23N5O5. The van der Waals surface area contributed by atoms with Crippen molar-refractivity contribution in [2.75, 3.05) is 20.7 Å². The van der Waals surface area contributed by atoms with Crippen molar-refractivity contribution < 1.29 is 24.2 Å². The van der Waals surface area contributed by atoms with Crippen LogP contribution in [0.2, 0.25) is 0 Å². The number of benzene rings is 1. The quantitative estimate of drug-likeness (QED) is 0.568. The van der Waals surface area contributed by atoms with Gasteiger partial charge in [-0.05, 0) is 24.1 Å². The lowest BCUT2D eigenvalue weighted by Gasteiger charge is -2.08. The van der Waals surface area contributed by atoms with Crippen LogP contribution in [0.15, 0.2) is 30.5 Å². The van der Waals surface area contributed by atoms with E-state index in [9.17, 15) is 14.4 Å². The van der Waals surface area contributed by atoms with E-state index in [0.717, 1.165) is 5.56 Å². The molecule has 0 aliphatic heterocycles. The third-order valence-corrected chi connectivity index (χ3v) is 3.75. The third kappa shape index (κ3) is 6.71. The molecule has 1 aromatic heterocycles. The van der Waals surface area contributed by atoms with Gasteiger partial charge in [-0.3, -0.25) is 14.4 Å². The fraction of sp³-hybridized carbons (Fsp3) is 0.389. The minimum atomic E-state index is -0.848. The summed E-state index contributed by atoms with van der Waals surface area (Å²) in [6.07, 6.45) is 1.93. The molecule has 0 spiro atoms. The molecule has 10 heteroatoms. The Balaban J connectivity index is 1.78. The van der Waals surface area contributed by atoms with Crippen molar-refractivity contribution in [3.05, 3.63) is 41.7 Å². The lowest BCUT2D eigenvalue weighted by Crippen LogP contribution is -2.26. The molecule has 0 saturated heterocycles. The summed E-state index contributed by atoms with van der Waals surface area (Å²) in [4.78, 5) is 35.7. The van der Waals surface area contributed by atoms with Gasteiger partial charge in [0.05, 0.1) is 12.8 Å². The van der Waals surface area contributed by atoms with E-state index in [1.165, 1.54) is 15.8 Å². The number of carboxylic acids is 1. The molecule has 0 atom stereocenters. The zero-order chi connectivity index (χ0) is 20.5. The second-order valence-corrected chi connectivity index (χ2v) is 6.26. The lowest BCUT2D eigenvalue weighted by atomic mass is 10.2. The van der Waals surface area contributed by atoms with Crippen LogP contribution in [0.25, 0.3) is 0 Å². The Bertz CT molecular complexity index is 816. The number of hydrogen-bond acceptors (Lipinski definition) is 6. The highest BCUT2D eigenvalue weighted by Crippen LogP contribution is 2.12. The van der Waals surface area contributed by atoms with E-state index in [1.54, 1.807) is 38.4 Å². The largest absolute Gasteiger partial charge is 0.494 e. The monoisotopic (exact) mass is 389 g/mol. The first-order chi connectivity index (χ1) is 13.3. The highest BCUT2D eigenvalue weighted by molar-refractivity contribution is 5.91. The topological polar surface area (TPSA) is 127 Å². The van der Waals surface area contributed by atoms with Crippen molar-refractivity contribution in [2.24, 2.45) is 0 Å². The first kappa shape index (κ1) is 20.9. The molecule has 2 N–H and O–H groups in total. The van der Waals surface area contributed by atoms with E-state index in [2.05, 4.69) is 15.6 Å². The van der Waals surface area contributed by atoms with Crippen LogP contribution in [-0.2, 0) is 22.7 Å². The fourth-order valence-corrected chi connectivity index (χ4v) is 2.15. The molecule has 0 saturated carbocycles. The van der Waals surface area contributed by atoms with Crippen molar-refractivity contribution in [3.8, 4) is 5.75 Å². The third-order valence-electron chi connectivity index (χ3n) is 3.75. The maximum Gasteiger partial charge on any atom is 0.303 e. The average molecular weight is 389 g/mol. The molecule has 1 aromatic carbocycles. The van der Waals surface area contributed by atoms with Gasteiger partial charge in [0.25, 0.3) is 5.91 Å². The molecule has 2 rings (SSSR count). The summed E-state index contributed by atoms with van der Waals surface area (Å²) < 4.78 is 6.77. The second kappa shape index (κ2) is 10.0. The predicted octanol–water partition coefficient (Wildman–Crippen LogP) is 0.540. The van der Waals surface area contributed by atoms with E-state index in [0.29, 0.717) is 25.3 Å². The van der Waals surface area contributed by atoms with Crippen molar-refractivity contribution in [1.29, 1.82) is 0 Å². The molecule has 1 heterocycles. The summed E-state index contributed by atoms with van der Waals surface area (Å²) in [5.74, 6) is -0.757. The first-order valence-corrected chi connectivity index (χ1v) is 8.67. The van der Waals surface area contributed by atoms with Crippen LogP contribution in [0, 0.1) is 0 Å². The van der Waals surface area contributed by atoms with Crippen molar-refractivity contribution in [3.63, 3.8) is 0 Å². The van der Waals surface area contributed by atoms with Gasteiger partial charge in [-0.25, -0.2) is 4.68 Å². The zero-order valence-electron chi connectivity index (χ0n) is 15.8. The molecule has 0 aliphatic rings. The van der Waals surface area contributed by atoms with Crippen LogP contribution in [0.4, 0.5) is 0 Å². The summed E-state index contributed by atoms with van der Waals surface area (Å²) in [7, 11) is 3.28. The molecular weight excluding hydrogens is 366 g/mol. The Morgan fingerprint density at radius 1 is 1.21 bits per heavy atom. The van der Waals surface area contributed by atoms with Gasteiger partial charge in [-0.2, -0.15) is 0 Å². The van der Waals surface area contributed by atoms with Gasteiger partial charge in [0.15, 0.2) is 5.69 Å². The van der Waals surface area contributed by atoms with Gasteiger partial charge in [-0.1, -0.05) is 17.3 Å². The van der Waals surface area contributed by atoms with E-state index in [-0.39, 0.29) is 24.6 Å². The van der Waals surface area contributed by atoms with Gasteiger partial charge in [0.1, 0.15) is 12.3 Å². The number of aromatic nitrogens is 3. The van der Waals surface area contributed by atoms with Crippen molar-refractivity contribution >= 4 is 17.8 Å². The van der Waals surface area contributed by atoms with Crippen LogP contribution in [-0.4, -0.2) is 63.5 Å². The smallest absolute Gasteiger partial charge is 0.303 e. The van der Waals surface area contributed by atoms with Crippen LogP contribution in [0.5, 0.6) is 5.75 Å². The number of nitrogens with one attached hydrogen (secondary N) is 1. The van der Waals surface area contributed by atoms with Gasteiger partial charge in [-0.15, -0.1) is 5.10 Å². The maximum absolute atomic E-state index is 12.2. The van der Waals surface area contributed by atoms with Gasteiger partial charge in [0.2, 0.25) is 5.91 Å². The number of ether oxygens (including phenoxy) is 1. The number of amides is 2. The van der Waals surface area contributed by atoms with E-state index >= 15 is 0 Å². The second-order valence-electron chi connectivity index (χ2n) is 6.26. The SMILES string of the molecule is CN(C)C(=O)Cn1cc(C(=O)NCc2ccc(OCCCC(=O)O)cc2)nn1. The van der Waals surface area contributed by atoms with Crippen molar-refractivity contribution in [1.82, 2.24) is 25.2 Å². The Hall–Kier alpha value is -3.43. The number of aliphatic carboxylic acids is 1. The normalized spacial score (nSPS) is 10.4. The number of nitrogens with zero attached hydrogens (tertiary/aromatic N) is 4. The highest BCUT2D eigenvalue weighted by atomic mass is 16.5. The number of carboxylic acid groups (broad SMARTS) is 1. The Morgan fingerprint density at radius 2 is 1.93 bits per heavy atom.